The van der Waals surface area contributed by atoms with E-state index in [0.29, 0.717) is 0 Å². The summed E-state index contributed by atoms with van der Waals surface area (Å²) in [5, 5.41) is 0.739. The predicted octanol–water partition coefficient (Wildman–Crippen LogP) is 3.94. The van der Waals surface area contributed by atoms with Crippen LogP contribution in [0.2, 0.25) is 5.02 Å². The van der Waals surface area contributed by atoms with E-state index in [1.165, 1.54) is 5.56 Å². The van der Waals surface area contributed by atoms with E-state index < -0.39 is 0 Å². The van der Waals surface area contributed by atoms with Gasteiger partial charge in [-0.25, -0.2) is 0 Å². The van der Waals surface area contributed by atoms with Crippen molar-refractivity contribution in [2.24, 2.45) is 5.41 Å². The standard InChI is InChI=1S/C12H17ClO/c1-12(2,3)8-9-5-10(13)7-11(6-9)14-4/h5-7H,8H2,1-4H3. The Kier molecular flexibility index (Phi) is 3.43. The van der Waals surface area contributed by atoms with Crippen molar-refractivity contribution in [2.45, 2.75) is 27.2 Å². The molecule has 1 aromatic carbocycles. The van der Waals surface area contributed by atoms with Crippen LogP contribution in [0.3, 0.4) is 0 Å². The van der Waals surface area contributed by atoms with Crippen molar-refractivity contribution in [2.75, 3.05) is 7.11 Å². The second-order valence-corrected chi connectivity index (χ2v) is 5.17. The van der Waals surface area contributed by atoms with Gasteiger partial charge in [0.05, 0.1) is 7.11 Å². The normalized spacial score (nSPS) is 11.5. The van der Waals surface area contributed by atoms with Gasteiger partial charge in [0.2, 0.25) is 0 Å². The Labute approximate surface area is 91.0 Å². The Bertz CT molecular complexity index is 313. The molecule has 0 heterocycles. The van der Waals surface area contributed by atoms with Gasteiger partial charge in [0.15, 0.2) is 0 Å². The number of halogens is 1. The fourth-order valence-corrected chi connectivity index (χ4v) is 1.70. The molecule has 0 amide bonds. The maximum absolute atomic E-state index is 5.98. The van der Waals surface area contributed by atoms with Gasteiger partial charge < -0.3 is 4.74 Å². The molecule has 0 spiro atoms. The van der Waals surface area contributed by atoms with E-state index in [4.69, 9.17) is 16.3 Å². The lowest BCUT2D eigenvalue weighted by Crippen LogP contribution is -2.09. The first-order valence-electron chi connectivity index (χ1n) is 4.74. The molecule has 0 bridgehead atoms. The van der Waals surface area contributed by atoms with Crippen LogP contribution in [0.5, 0.6) is 5.75 Å². The fourth-order valence-electron chi connectivity index (χ4n) is 1.45. The number of methoxy groups -OCH3 is 1. The highest BCUT2D eigenvalue weighted by atomic mass is 35.5. The van der Waals surface area contributed by atoms with Gasteiger partial charge in [0, 0.05) is 5.02 Å². The van der Waals surface area contributed by atoms with Gasteiger partial charge in [-0.15, -0.1) is 0 Å². The van der Waals surface area contributed by atoms with E-state index in [9.17, 15) is 0 Å². The van der Waals surface area contributed by atoms with Crippen molar-refractivity contribution in [1.29, 1.82) is 0 Å². The molecule has 1 nitrogen and oxygen atoms in total. The lowest BCUT2D eigenvalue weighted by atomic mass is 9.88. The molecule has 1 rings (SSSR count). The zero-order valence-electron chi connectivity index (χ0n) is 9.23. The zero-order valence-corrected chi connectivity index (χ0v) is 9.98. The predicted molar refractivity (Wildman–Crippen MR) is 61.2 cm³/mol. The van der Waals surface area contributed by atoms with Crippen molar-refractivity contribution >= 4 is 11.6 Å². The van der Waals surface area contributed by atoms with E-state index in [2.05, 4.69) is 20.8 Å². The highest BCUT2D eigenvalue weighted by molar-refractivity contribution is 6.30. The van der Waals surface area contributed by atoms with Crippen molar-refractivity contribution in [3.63, 3.8) is 0 Å². The molecule has 0 N–H and O–H groups in total. The van der Waals surface area contributed by atoms with Crippen LogP contribution < -0.4 is 4.74 Å². The van der Waals surface area contributed by atoms with Gasteiger partial charge in [0.25, 0.3) is 0 Å². The number of benzene rings is 1. The van der Waals surface area contributed by atoms with Crippen LogP contribution in [-0.4, -0.2) is 7.11 Å². The van der Waals surface area contributed by atoms with Gasteiger partial charge in [-0.1, -0.05) is 32.4 Å². The Morgan fingerprint density at radius 2 is 1.86 bits per heavy atom. The number of hydrogen-bond donors (Lipinski definition) is 0. The highest BCUT2D eigenvalue weighted by Gasteiger charge is 2.12. The highest BCUT2D eigenvalue weighted by Crippen LogP contribution is 2.26. The molecule has 0 aliphatic carbocycles. The molecule has 2 heteroatoms. The topological polar surface area (TPSA) is 9.23 Å². The van der Waals surface area contributed by atoms with Gasteiger partial charge in [-0.3, -0.25) is 0 Å². The minimum absolute atomic E-state index is 0.274. The summed E-state index contributed by atoms with van der Waals surface area (Å²) < 4.78 is 5.17. The lowest BCUT2D eigenvalue weighted by molar-refractivity contribution is 0.402. The second-order valence-electron chi connectivity index (χ2n) is 4.74. The summed E-state index contributed by atoms with van der Waals surface area (Å²) in [5.41, 5.74) is 1.50. The lowest BCUT2D eigenvalue weighted by Gasteiger charge is -2.18. The average molecular weight is 213 g/mol. The summed E-state index contributed by atoms with van der Waals surface area (Å²) in [6.45, 7) is 6.63. The summed E-state index contributed by atoms with van der Waals surface area (Å²) in [5.74, 6) is 0.830. The van der Waals surface area contributed by atoms with E-state index in [0.717, 1.165) is 17.2 Å². The smallest absolute Gasteiger partial charge is 0.120 e. The Balaban J connectivity index is 2.92. The number of ether oxygens (including phenoxy) is 1. The van der Waals surface area contributed by atoms with Crippen LogP contribution in [0.15, 0.2) is 18.2 Å². The minimum Gasteiger partial charge on any atom is -0.497 e. The van der Waals surface area contributed by atoms with Crippen LogP contribution in [0.4, 0.5) is 0 Å². The molecule has 0 aliphatic rings. The first-order chi connectivity index (χ1) is 6.40. The molecule has 0 saturated heterocycles. The maximum atomic E-state index is 5.98. The van der Waals surface area contributed by atoms with E-state index >= 15 is 0 Å². The quantitative estimate of drug-likeness (QED) is 0.722. The first kappa shape index (κ1) is 11.4. The SMILES string of the molecule is COc1cc(Cl)cc(CC(C)(C)C)c1. The molecule has 78 valence electrons. The second kappa shape index (κ2) is 4.22. The van der Waals surface area contributed by atoms with E-state index in [1.54, 1.807) is 7.11 Å². The van der Waals surface area contributed by atoms with Gasteiger partial charge in [0.1, 0.15) is 5.75 Å². The number of hydrogen-bond acceptors (Lipinski definition) is 1. The fraction of sp³-hybridized carbons (Fsp3) is 0.500. The third-order valence-corrected chi connectivity index (χ3v) is 2.12. The monoisotopic (exact) mass is 212 g/mol. The molecule has 0 aliphatic heterocycles. The summed E-state index contributed by atoms with van der Waals surface area (Å²) in [4.78, 5) is 0. The Morgan fingerprint density at radius 1 is 1.21 bits per heavy atom. The van der Waals surface area contributed by atoms with Crippen LogP contribution >= 0.6 is 11.6 Å². The molecule has 0 saturated carbocycles. The Hall–Kier alpha value is -0.690. The van der Waals surface area contributed by atoms with Crippen LogP contribution in [0, 0.1) is 5.41 Å². The molecule has 0 fully saturated rings. The Morgan fingerprint density at radius 3 is 2.36 bits per heavy atom. The van der Waals surface area contributed by atoms with Crippen molar-refractivity contribution < 1.29 is 4.74 Å². The largest absolute Gasteiger partial charge is 0.497 e. The molecule has 0 aromatic heterocycles. The van der Waals surface area contributed by atoms with Crippen molar-refractivity contribution in [3.8, 4) is 5.75 Å². The summed E-state index contributed by atoms with van der Waals surface area (Å²) in [7, 11) is 1.66. The molecular formula is C12H17ClO. The zero-order chi connectivity index (χ0) is 10.8. The maximum Gasteiger partial charge on any atom is 0.120 e. The number of rotatable bonds is 2. The van der Waals surface area contributed by atoms with E-state index in [1.807, 2.05) is 18.2 Å². The molecule has 0 radical (unpaired) electrons. The van der Waals surface area contributed by atoms with Crippen molar-refractivity contribution in [1.82, 2.24) is 0 Å². The average Bonchev–Trinajstić information content (AvgIpc) is 1.99. The minimum atomic E-state index is 0.274. The molecule has 14 heavy (non-hydrogen) atoms. The van der Waals surface area contributed by atoms with Crippen LogP contribution in [0.1, 0.15) is 26.3 Å². The van der Waals surface area contributed by atoms with Gasteiger partial charge in [-0.2, -0.15) is 0 Å². The van der Waals surface area contributed by atoms with Crippen LogP contribution in [-0.2, 0) is 6.42 Å². The van der Waals surface area contributed by atoms with Crippen LogP contribution in [0.25, 0.3) is 0 Å². The van der Waals surface area contributed by atoms with Gasteiger partial charge in [-0.05, 0) is 35.6 Å². The summed E-state index contributed by atoms with van der Waals surface area (Å²) >= 11 is 5.98. The third-order valence-electron chi connectivity index (χ3n) is 1.90. The molecule has 0 unspecified atom stereocenters. The van der Waals surface area contributed by atoms with Gasteiger partial charge >= 0.3 is 0 Å². The molecular weight excluding hydrogens is 196 g/mol. The summed E-state index contributed by atoms with van der Waals surface area (Å²) in [6.07, 6.45) is 1.00. The first-order valence-corrected chi connectivity index (χ1v) is 5.12. The summed E-state index contributed by atoms with van der Waals surface area (Å²) in [6, 6.07) is 5.86. The molecule has 0 atom stereocenters. The molecule has 1 aromatic rings. The third kappa shape index (κ3) is 3.59. The van der Waals surface area contributed by atoms with E-state index in [-0.39, 0.29) is 5.41 Å². The van der Waals surface area contributed by atoms with Crippen molar-refractivity contribution in [3.05, 3.63) is 28.8 Å².